The Hall–Kier alpha value is -0.870. The van der Waals surface area contributed by atoms with E-state index in [1.807, 2.05) is 12.1 Å². The van der Waals surface area contributed by atoms with Crippen molar-refractivity contribution in [1.29, 1.82) is 0 Å². The van der Waals surface area contributed by atoms with E-state index in [1.54, 1.807) is 23.5 Å². The van der Waals surface area contributed by atoms with E-state index < -0.39 is 10.0 Å². The lowest BCUT2D eigenvalue weighted by molar-refractivity contribution is 0.477. The van der Waals surface area contributed by atoms with Crippen molar-refractivity contribution in [3.63, 3.8) is 0 Å². The van der Waals surface area contributed by atoms with Crippen LogP contribution >= 0.6 is 24.0 Å². The molecule has 1 aliphatic heterocycles. The zero-order valence-corrected chi connectivity index (χ0v) is 18.3. The first-order chi connectivity index (χ1) is 11.5. The zero-order chi connectivity index (χ0) is 17.6. The summed E-state index contributed by atoms with van der Waals surface area (Å²) < 4.78 is 26.6. The Morgan fingerprint density at radius 2 is 1.84 bits per heavy atom. The fourth-order valence-corrected chi connectivity index (χ4v) is 4.09. The average Bonchev–Trinajstić information content (AvgIpc) is 3.14. The van der Waals surface area contributed by atoms with E-state index >= 15 is 0 Å². The van der Waals surface area contributed by atoms with Gasteiger partial charge in [0.05, 0.1) is 4.90 Å². The molecule has 0 bridgehead atoms. The Bertz CT molecular complexity index is 656. The number of nitrogens with one attached hydrogen (secondary N) is 2. The maximum atomic E-state index is 12.5. The standard InChI is InChI=1S/C17H28N4O2S.HI/c1-4-14(2)20-17(18-3)19-13-15-7-9-16(10-8-15)24(22,23)21-11-5-6-12-21;/h7-10,14H,4-6,11-13H2,1-3H3,(H2,18,19,20);1H. The third-order valence-electron chi connectivity index (χ3n) is 4.31. The van der Waals surface area contributed by atoms with Crippen molar-refractivity contribution in [3.8, 4) is 0 Å². The third-order valence-corrected chi connectivity index (χ3v) is 6.22. The van der Waals surface area contributed by atoms with Crippen molar-refractivity contribution in [2.24, 2.45) is 4.99 Å². The molecule has 2 rings (SSSR count). The number of hydrogen-bond acceptors (Lipinski definition) is 3. The minimum absolute atomic E-state index is 0. The topological polar surface area (TPSA) is 73.8 Å². The molecule has 0 aliphatic carbocycles. The van der Waals surface area contributed by atoms with Crippen LogP contribution in [0.5, 0.6) is 0 Å². The second-order valence-corrected chi connectivity index (χ2v) is 8.07. The van der Waals surface area contributed by atoms with Crippen LogP contribution in [0.1, 0.15) is 38.7 Å². The number of halogens is 1. The molecule has 1 fully saturated rings. The number of rotatable bonds is 6. The summed E-state index contributed by atoms with van der Waals surface area (Å²) >= 11 is 0. The molecule has 6 nitrogen and oxygen atoms in total. The predicted molar refractivity (Wildman–Crippen MR) is 113 cm³/mol. The average molecular weight is 480 g/mol. The van der Waals surface area contributed by atoms with Gasteiger partial charge in [-0.2, -0.15) is 4.31 Å². The van der Waals surface area contributed by atoms with Crippen LogP contribution in [-0.2, 0) is 16.6 Å². The largest absolute Gasteiger partial charge is 0.354 e. The zero-order valence-electron chi connectivity index (χ0n) is 15.2. The van der Waals surface area contributed by atoms with Gasteiger partial charge >= 0.3 is 0 Å². The Labute approximate surface area is 168 Å². The molecule has 8 heteroatoms. The lowest BCUT2D eigenvalue weighted by atomic mass is 10.2. The summed E-state index contributed by atoms with van der Waals surface area (Å²) in [5.41, 5.74) is 1.02. The quantitative estimate of drug-likeness (QED) is 0.373. The number of benzene rings is 1. The molecular formula is C17H29IN4O2S. The number of nitrogens with zero attached hydrogens (tertiary/aromatic N) is 2. The molecule has 1 aliphatic rings. The summed E-state index contributed by atoms with van der Waals surface area (Å²) in [6.07, 6.45) is 2.91. The summed E-state index contributed by atoms with van der Waals surface area (Å²) in [5.74, 6) is 0.748. The molecule has 1 aromatic carbocycles. The van der Waals surface area contributed by atoms with Crippen molar-refractivity contribution in [2.45, 2.75) is 50.6 Å². The highest BCUT2D eigenvalue weighted by molar-refractivity contribution is 14.0. The van der Waals surface area contributed by atoms with Gasteiger partial charge in [-0.05, 0) is 43.9 Å². The van der Waals surface area contributed by atoms with Crippen molar-refractivity contribution in [2.75, 3.05) is 20.1 Å². The monoisotopic (exact) mass is 480 g/mol. The second kappa shape index (κ2) is 10.3. The molecular weight excluding hydrogens is 451 g/mol. The molecule has 0 spiro atoms. The fourth-order valence-electron chi connectivity index (χ4n) is 2.57. The van der Waals surface area contributed by atoms with Crippen LogP contribution in [0.4, 0.5) is 0 Å². The van der Waals surface area contributed by atoms with E-state index in [0.29, 0.717) is 30.6 Å². The predicted octanol–water partition coefficient (Wildman–Crippen LogP) is 2.55. The summed E-state index contributed by atoms with van der Waals surface area (Å²) in [6, 6.07) is 7.44. The fraction of sp³-hybridized carbons (Fsp3) is 0.588. The van der Waals surface area contributed by atoms with E-state index in [4.69, 9.17) is 0 Å². The summed E-state index contributed by atoms with van der Waals surface area (Å²) in [4.78, 5) is 4.56. The van der Waals surface area contributed by atoms with Gasteiger partial charge in [-0.15, -0.1) is 24.0 Å². The molecule has 1 unspecified atom stereocenters. The number of aliphatic imine (C=N–C) groups is 1. The van der Waals surface area contributed by atoms with Crippen LogP contribution < -0.4 is 10.6 Å². The SMILES string of the molecule is CCC(C)NC(=NC)NCc1ccc(S(=O)(=O)N2CCCC2)cc1.I. The highest BCUT2D eigenvalue weighted by atomic mass is 127. The molecule has 142 valence electrons. The third kappa shape index (κ3) is 6.10. The molecule has 1 atom stereocenters. The molecule has 25 heavy (non-hydrogen) atoms. The Morgan fingerprint density at radius 1 is 1.24 bits per heavy atom. The molecule has 2 N–H and O–H groups in total. The van der Waals surface area contributed by atoms with E-state index in [-0.39, 0.29) is 24.0 Å². The number of guanidine groups is 1. The van der Waals surface area contributed by atoms with Gasteiger partial charge in [0.25, 0.3) is 0 Å². The van der Waals surface area contributed by atoms with Gasteiger partial charge < -0.3 is 10.6 Å². The van der Waals surface area contributed by atoms with E-state index in [9.17, 15) is 8.42 Å². The lowest BCUT2D eigenvalue weighted by Gasteiger charge is -2.17. The van der Waals surface area contributed by atoms with Crippen LogP contribution in [0.25, 0.3) is 0 Å². The van der Waals surface area contributed by atoms with Crippen LogP contribution in [0.2, 0.25) is 0 Å². The van der Waals surface area contributed by atoms with E-state index in [2.05, 4.69) is 29.5 Å². The van der Waals surface area contributed by atoms with Gasteiger partial charge in [0.15, 0.2) is 5.96 Å². The number of sulfonamides is 1. The molecule has 1 saturated heterocycles. The maximum absolute atomic E-state index is 12.5. The first kappa shape index (κ1) is 22.2. The van der Waals surface area contributed by atoms with Crippen molar-refractivity contribution < 1.29 is 8.42 Å². The Balaban J connectivity index is 0.00000312. The normalized spacial score (nSPS) is 17.0. The van der Waals surface area contributed by atoms with Gasteiger partial charge in [-0.3, -0.25) is 4.99 Å². The lowest BCUT2D eigenvalue weighted by Crippen LogP contribution is -2.41. The van der Waals surface area contributed by atoms with Crippen molar-refractivity contribution in [3.05, 3.63) is 29.8 Å². The van der Waals surface area contributed by atoms with Gasteiger partial charge in [-0.25, -0.2) is 8.42 Å². The van der Waals surface area contributed by atoms with E-state index in [1.165, 1.54) is 0 Å². The summed E-state index contributed by atoms with van der Waals surface area (Å²) in [5, 5.41) is 6.54. The maximum Gasteiger partial charge on any atom is 0.243 e. The molecule has 0 saturated carbocycles. The Kier molecular flexibility index (Phi) is 9.15. The molecule has 0 radical (unpaired) electrons. The van der Waals surface area contributed by atoms with Crippen LogP contribution in [-0.4, -0.2) is 44.9 Å². The molecule has 0 amide bonds. The highest BCUT2D eigenvalue weighted by Gasteiger charge is 2.26. The van der Waals surface area contributed by atoms with Crippen molar-refractivity contribution in [1.82, 2.24) is 14.9 Å². The minimum atomic E-state index is -3.33. The van der Waals surface area contributed by atoms with Gasteiger partial charge in [0.2, 0.25) is 10.0 Å². The van der Waals surface area contributed by atoms with Crippen LogP contribution in [0.15, 0.2) is 34.2 Å². The second-order valence-electron chi connectivity index (χ2n) is 6.13. The smallest absolute Gasteiger partial charge is 0.243 e. The summed E-state index contributed by atoms with van der Waals surface area (Å²) in [6.45, 7) is 6.07. The Morgan fingerprint density at radius 3 is 2.36 bits per heavy atom. The van der Waals surface area contributed by atoms with Crippen LogP contribution in [0.3, 0.4) is 0 Å². The van der Waals surface area contributed by atoms with Crippen molar-refractivity contribution >= 4 is 40.0 Å². The molecule has 0 aromatic heterocycles. The molecule has 1 heterocycles. The summed E-state index contributed by atoms with van der Waals surface area (Å²) in [7, 11) is -1.59. The first-order valence-corrected chi connectivity index (χ1v) is 9.97. The van der Waals surface area contributed by atoms with E-state index in [0.717, 1.165) is 30.8 Å². The first-order valence-electron chi connectivity index (χ1n) is 8.53. The molecule has 1 aromatic rings. The number of hydrogen-bond donors (Lipinski definition) is 2. The highest BCUT2D eigenvalue weighted by Crippen LogP contribution is 2.21. The minimum Gasteiger partial charge on any atom is -0.354 e. The van der Waals surface area contributed by atoms with Gasteiger partial charge in [-0.1, -0.05) is 19.1 Å². The van der Waals surface area contributed by atoms with Gasteiger partial charge in [0.1, 0.15) is 0 Å². The van der Waals surface area contributed by atoms with Gasteiger partial charge in [0, 0.05) is 32.7 Å². The van der Waals surface area contributed by atoms with Crippen LogP contribution in [0, 0.1) is 0 Å².